The van der Waals surface area contributed by atoms with Crippen LogP contribution in [0.5, 0.6) is 5.75 Å². The van der Waals surface area contributed by atoms with Gasteiger partial charge in [-0.25, -0.2) is 4.68 Å². The molecule has 0 radical (unpaired) electrons. The minimum Gasteiger partial charge on any atom is -0.497 e. The van der Waals surface area contributed by atoms with Gasteiger partial charge in [-0.15, -0.1) is 0 Å². The quantitative estimate of drug-likeness (QED) is 0.220. The van der Waals surface area contributed by atoms with Crippen LogP contribution in [0.1, 0.15) is 45.1 Å². The van der Waals surface area contributed by atoms with Gasteiger partial charge in [0.2, 0.25) is 0 Å². The highest BCUT2D eigenvalue weighted by atomic mass is 32.2. The van der Waals surface area contributed by atoms with E-state index in [2.05, 4.69) is 13.8 Å². The summed E-state index contributed by atoms with van der Waals surface area (Å²) in [6.07, 6.45) is 8.40. The highest BCUT2D eigenvalue weighted by molar-refractivity contribution is 8.26. The van der Waals surface area contributed by atoms with Crippen LogP contribution in [0.2, 0.25) is 0 Å². The first-order valence-electron chi connectivity index (χ1n) is 12.1. The molecule has 5 nitrogen and oxygen atoms in total. The third kappa shape index (κ3) is 5.85. The van der Waals surface area contributed by atoms with Crippen molar-refractivity contribution in [2.75, 3.05) is 13.7 Å². The van der Waals surface area contributed by atoms with Crippen LogP contribution < -0.4 is 4.74 Å². The largest absolute Gasteiger partial charge is 0.497 e. The van der Waals surface area contributed by atoms with Crippen molar-refractivity contribution in [2.24, 2.45) is 5.92 Å². The number of methoxy groups -OCH3 is 1. The first-order valence-corrected chi connectivity index (χ1v) is 13.3. The second kappa shape index (κ2) is 11.7. The fourth-order valence-electron chi connectivity index (χ4n) is 4.15. The molecule has 2 heterocycles. The molecule has 1 amide bonds. The molecule has 0 aliphatic carbocycles. The molecule has 1 unspecified atom stereocenters. The van der Waals surface area contributed by atoms with Crippen LogP contribution in [0, 0.1) is 5.92 Å². The molecule has 4 rings (SSSR count). The van der Waals surface area contributed by atoms with Gasteiger partial charge >= 0.3 is 0 Å². The average Bonchev–Trinajstić information content (AvgIpc) is 3.43. The summed E-state index contributed by atoms with van der Waals surface area (Å²) in [5, 5.41) is 4.87. The minimum atomic E-state index is -0.0110. The highest BCUT2D eigenvalue weighted by Crippen LogP contribution is 2.36. The lowest BCUT2D eigenvalue weighted by Gasteiger charge is -2.21. The number of carbonyl (C=O) groups is 1. The van der Waals surface area contributed by atoms with Gasteiger partial charge in [-0.3, -0.25) is 9.69 Å². The standard InChI is InChI=1S/C28H31N3O2S2/c1-4-6-10-20(5-2)18-30-27(32)25(35-28(30)34)17-22-19-31(23-11-8-7-9-12-23)29-26(22)21-13-15-24(33-3)16-14-21/h7-9,11-17,19-20H,4-6,10,18H2,1-3H3/b25-17-. The molecular weight excluding hydrogens is 474 g/mol. The molecule has 0 spiro atoms. The Labute approximate surface area is 217 Å². The van der Waals surface area contributed by atoms with Gasteiger partial charge < -0.3 is 4.74 Å². The monoisotopic (exact) mass is 505 g/mol. The number of aromatic nitrogens is 2. The molecule has 0 saturated carbocycles. The van der Waals surface area contributed by atoms with E-state index in [0.717, 1.165) is 47.5 Å². The van der Waals surface area contributed by atoms with E-state index in [-0.39, 0.29) is 5.91 Å². The topological polar surface area (TPSA) is 47.4 Å². The molecule has 0 N–H and O–H groups in total. The van der Waals surface area contributed by atoms with Gasteiger partial charge in [-0.1, -0.05) is 75.3 Å². The molecule has 1 aliphatic rings. The Morgan fingerprint density at radius 1 is 1.11 bits per heavy atom. The van der Waals surface area contributed by atoms with E-state index >= 15 is 0 Å². The van der Waals surface area contributed by atoms with Gasteiger partial charge in [0, 0.05) is 23.9 Å². The lowest BCUT2D eigenvalue weighted by molar-refractivity contribution is -0.122. The Bertz CT molecular complexity index is 1200. The first-order chi connectivity index (χ1) is 17.0. The van der Waals surface area contributed by atoms with E-state index in [9.17, 15) is 4.79 Å². The van der Waals surface area contributed by atoms with Gasteiger partial charge in [0.05, 0.1) is 23.4 Å². The summed E-state index contributed by atoms with van der Waals surface area (Å²) in [5.74, 6) is 1.24. The number of amides is 1. The zero-order chi connectivity index (χ0) is 24.8. The van der Waals surface area contributed by atoms with Crippen molar-refractivity contribution in [3.8, 4) is 22.7 Å². The zero-order valence-electron chi connectivity index (χ0n) is 20.4. The maximum absolute atomic E-state index is 13.4. The maximum atomic E-state index is 13.4. The lowest BCUT2D eigenvalue weighted by Crippen LogP contribution is -2.33. The molecule has 7 heteroatoms. The lowest BCUT2D eigenvalue weighted by atomic mass is 9.99. The number of nitrogens with zero attached hydrogens (tertiary/aromatic N) is 3. The van der Waals surface area contributed by atoms with Crippen LogP contribution in [0.15, 0.2) is 65.7 Å². The molecule has 1 atom stereocenters. The maximum Gasteiger partial charge on any atom is 0.266 e. The van der Waals surface area contributed by atoms with Crippen molar-refractivity contribution in [1.29, 1.82) is 0 Å². The second-order valence-electron chi connectivity index (χ2n) is 8.65. The van der Waals surface area contributed by atoms with Crippen molar-refractivity contribution in [3.63, 3.8) is 0 Å². The highest BCUT2D eigenvalue weighted by Gasteiger charge is 2.33. The number of unbranched alkanes of at least 4 members (excludes halogenated alkanes) is 1. The van der Waals surface area contributed by atoms with Gasteiger partial charge in [-0.05, 0) is 54.8 Å². The fourth-order valence-corrected chi connectivity index (χ4v) is 5.42. The summed E-state index contributed by atoms with van der Waals surface area (Å²) < 4.78 is 7.80. The second-order valence-corrected chi connectivity index (χ2v) is 10.3. The Hall–Kier alpha value is -2.90. The molecule has 0 bridgehead atoms. The molecule has 3 aromatic rings. The predicted molar refractivity (Wildman–Crippen MR) is 149 cm³/mol. The Morgan fingerprint density at radius 3 is 2.51 bits per heavy atom. The Balaban J connectivity index is 1.67. The minimum absolute atomic E-state index is 0.0110. The normalized spacial score (nSPS) is 15.7. The molecule has 1 fully saturated rings. The predicted octanol–water partition coefficient (Wildman–Crippen LogP) is 6.97. The molecule has 1 aliphatic heterocycles. The van der Waals surface area contributed by atoms with Crippen LogP contribution >= 0.6 is 24.0 Å². The van der Waals surface area contributed by atoms with Crippen molar-refractivity contribution >= 4 is 40.3 Å². The van der Waals surface area contributed by atoms with E-state index < -0.39 is 0 Å². The molecule has 1 saturated heterocycles. The van der Waals surface area contributed by atoms with E-state index in [1.54, 1.807) is 12.0 Å². The van der Waals surface area contributed by atoms with Crippen LogP contribution in [0.4, 0.5) is 0 Å². The molecule has 2 aromatic carbocycles. The molecule has 35 heavy (non-hydrogen) atoms. The van der Waals surface area contributed by atoms with Crippen molar-refractivity contribution in [1.82, 2.24) is 14.7 Å². The zero-order valence-corrected chi connectivity index (χ0v) is 22.1. The van der Waals surface area contributed by atoms with E-state index in [4.69, 9.17) is 22.1 Å². The van der Waals surface area contributed by atoms with Gasteiger partial charge in [-0.2, -0.15) is 5.10 Å². The summed E-state index contributed by atoms with van der Waals surface area (Å²) in [7, 11) is 1.65. The SMILES string of the molecule is CCCCC(CC)CN1C(=O)/C(=C/c2cn(-c3ccccc3)nc2-c2ccc(OC)cc2)SC1=S. The summed E-state index contributed by atoms with van der Waals surface area (Å²) in [6.45, 7) is 5.07. The Kier molecular flexibility index (Phi) is 8.42. The summed E-state index contributed by atoms with van der Waals surface area (Å²) in [6, 6.07) is 17.8. The number of carbonyl (C=O) groups excluding carboxylic acids is 1. The van der Waals surface area contributed by atoms with E-state index in [1.165, 1.54) is 18.2 Å². The van der Waals surface area contributed by atoms with Crippen LogP contribution in [-0.4, -0.2) is 38.6 Å². The Morgan fingerprint density at radius 2 is 1.86 bits per heavy atom. The molecular formula is C28H31N3O2S2. The number of benzene rings is 2. The van der Waals surface area contributed by atoms with Crippen molar-refractivity contribution in [2.45, 2.75) is 39.5 Å². The van der Waals surface area contributed by atoms with Crippen LogP contribution in [0.3, 0.4) is 0 Å². The fraction of sp³-hybridized carbons (Fsp3) is 0.321. The van der Waals surface area contributed by atoms with Gasteiger partial charge in [0.15, 0.2) is 0 Å². The van der Waals surface area contributed by atoms with E-state index in [0.29, 0.717) is 21.7 Å². The van der Waals surface area contributed by atoms with Gasteiger partial charge in [0.1, 0.15) is 10.1 Å². The molecule has 182 valence electrons. The van der Waals surface area contributed by atoms with Gasteiger partial charge in [0.25, 0.3) is 5.91 Å². The third-order valence-electron chi connectivity index (χ3n) is 6.27. The summed E-state index contributed by atoms with van der Waals surface area (Å²) >= 11 is 7.00. The summed E-state index contributed by atoms with van der Waals surface area (Å²) in [5.41, 5.74) is 3.58. The van der Waals surface area contributed by atoms with Crippen LogP contribution in [0.25, 0.3) is 23.0 Å². The number of para-hydroxylation sites is 1. The number of thiocarbonyl (C=S) groups is 1. The number of hydrogen-bond donors (Lipinski definition) is 0. The van der Waals surface area contributed by atoms with Crippen molar-refractivity contribution < 1.29 is 9.53 Å². The van der Waals surface area contributed by atoms with Crippen LogP contribution in [-0.2, 0) is 4.79 Å². The number of hydrogen-bond acceptors (Lipinski definition) is 5. The summed E-state index contributed by atoms with van der Waals surface area (Å²) in [4.78, 5) is 15.8. The number of thioether (sulfide) groups is 1. The first kappa shape index (κ1) is 25.2. The number of rotatable bonds is 10. The molecule has 1 aromatic heterocycles. The number of ether oxygens (including phenoxy) is 1. The average molecular weight is 506 g/mol. The van der Waals surface area contributed by atoms with E-state index in [1.807, 2.05) is 71.6 Å². The third-order valence-corrected chi connectivity index (χ3v) is 7.65. The van der Waals surface area contributed by atoms with Crippen molar-refractivity contribution in [3.05, 3.63) is 71.3 Å². The smallest absolute Gasteiger partial charge is 0.266 e.